The SMILES string of the molecule is COc1ccc(-n2c(C)cc([C@@H]3[C@H](c4ccccn4)NC(=S)N3c3ccccc3O)c2C)cc1. The number of hydrogen-bond donors (Lipinski definition) is 2. The maximum absolute atomic E-state index is 10.7. The number of methoxy groups -OCH3 is 1. The first-order chi connectivity index (χ1) is 16.5. The molecule has 0 bridgehead atoms. The smallest absolute Gasteiger partial charge is 0.174 e. The molecule has 4 aromatic rings. The minimum atomic E-state index is -0.200. The van der Waals surface area contributed by atoms with Gasteiger partial charge in [0.25, 0.3) is 0 Å². The molecule has 34 heavy (non-hydrogen) atoms. The number of aromatic hydroxyl groups is 1. The Morgan fingerprint density at radius 2 is 1.74 bits per heavy atom. The van der Waals surface area contributed by atoms with Gasteiger partial charge in [-0.3, -0.25) is 4.98 Å². The second kappa shape index (κ2) is 8.83. The zero-order valence-corrected chi connectivity index (χ0v) is 20.1. The third-order valence-electron chi connectivity index (χ3n) is 6.36. The van der Waals surface area contributed by atoms with Crippen LogP contribution in [0.5, 0.6) is 11.5 Å². The highest BCUT2D eigenvalue weighted by atomic mass is 32.1. The van der Waals surface area contributed by atoms with Crippen molar-refractivity contribution in [1.82, 2.24) is 14.9 Å². The minimum absolute atomic E-state index is 0.182. The zero-order chi connectivity index (χ0) is 23.8. The Hall–Kier alpha value is -3.84. The van der Waals surface area contributed by atoms with Crippen molar-refractivity contribution < 1.29 is 9.84 Å². The summed E-state index contributed by atoms with van der Waals surface area (Å²) in [5, 5.41) is 14.7. The number of pyridine rings is 1. The molecule has 1 aliphatic rings. The Balaban J connectivity index is 1.67. The van der Waals surface area contributed by atoms with Crippen LogP contribution in [0.15, 0.2) is 79.0 Å². The number of ether oxygens (including phenoxy) is 1. The van der Waals surface area contributed by atoms with Gasteiger partial charge in [0.2, 0.25) is 0 Å². The van der Waals surface area contributed by atoms with Crippen molar-refractivity contribution in [3.05, 3.63) is 102 Å². The molecule has 1 aliphatic heterocycles. The molecule has 5 rings (SSSR count). The van der Waals surface area contributed by atoms with Crippen molar-refractivity contribution in [3.63, 3.8) is 0 Å². The van der Waals surface area contributed by atoms with Crippen LogP contribution in [-0.2, 0) is 0 Å². The first kappa shape index (κ1) is 22.0. The number of phenols is 1. The van der Waals surface area contributed by atoms with Crippen molar-refractivity contribution >= 4 is 23.0 Å². The van der Waals surface area contributed by atoms with Gasteiger partial charge < -0.3 is 24.6 Å². The summed E-state index contributed by atoms with van der Waals surface area (Å²) in [5.41, 5.74) is 5.92. The summed E-state index contributed by atoms with van der Waals surface area (Å²) in [7, 11) is 1.67. The molecule has 172 valence electrons. The fourth-order valence-corrected chi connectivity index (χ4v) is 5.15. The third-order valence-corrected chi connectivity index (χ3v) is 6.67. The molecule has 2 atom stereocenters. The summed E-state index contributed by atoms with van der Waals surface area (Å²) in [4.78, 5) is 6.63. The largest absolute Gasteiger partial charge is 0.506 e. The molecule has 0 spiro atoms. The maximum Gasteiger partial charge on any atom is 0.174 e. The highest BCUT2D eigenvalue weighted by Gasteiger charge is 2.43. The van der Waals surface area contributed by atoms with Crippen LogP contribution in [0.2, 0.25) is 0 Å². The number of phenolic OH excluding ortho intramolecular Hbond substituents is 1. The second-order valence-corrected chi connectivity index (χ2v) is 8.73. The molecule has 2 aromatic carbocycles. The predicted molar refractivity (Wildman–Crippen MR) is 138 cm³/mol. The summed E-state index contributed by atoms with van der Waals surface area (Å²) in [5.74, 6) is 1.00. The topological polar surface area (TPSA) is 62.5 Å². The van der Waals surface area contributed by atoms with Gasteiger partial charge in [-0.1, -0.05) is 18.2 Å². The lowest BCUT2D eigenvalue weighted by atomic mass is 9.96. The average molecular weight is 471 g/mol. The molecule has 3 heterocycles. The zero-order valence-electron chi connectivity index (χ0n) is 19.3. The Kier molecular flexibility index (Phi) is 5.71. The predicted octanol–water partition coefficient (Wildman–Crippen LogP) is 5.38. The van der Waals surface area contributed by atoms with E-state index in [-0.39, 0.29) is 17.8 Å². The van der Waals surface area contributed by atoms with Crippen LogP contribution < -0.4 is 15.0 Å². The fourth-order valence-electron chi connectivity index (χ4n) is 4.81. The quantitative estimate of drug-likeness (QED) is 0.382. The number of nitrogens with zero attached hydrogens (tertiary/aromatic N) is 3. The molecule has 6 nitrogen and oxygen atoms in total. The Morgan fingerprint density at radius 1 is 1.00 bits per heavy atom. The van der Waals surface area contributed by atoms with Crippen LogP contribution in [0.4, 0.5) is 5.69 Å². The fraction of sp³-hybridized carbons (Fsp3) is 0.185. The number of aryl methyl sites for hydroxylation is 1. The summed E-state index contributed by atoms with van der Waals surface area (Å²) >= 11 is 5.80. The number of thiocarbonyl (C=S) groups is 1. The Morgan fingerprint density at radius 3 is 2.41 bits per heavy atom. The molecule has 7 heteroatoms. The van der Waals surface area contributed by atoms with E-state index in [2.05, 4.69) is 46.9 Å². The highest BCUT2D eigenvalue weighted by Crippen LogP contribution is 2.45. The number of nitrogens with one attached hydrogen (secondary N) is 1. The van der Waals surface area contributed by atoms with Gasteiger partial charge in [0.15, 0.2) is 5.11 Å². The van der Waals surface area contributed by atoms with Crippen LogP contribution in [0.25, 0.3) is 5.69 Å². The molecular formula is C27H26N4O2S. The van der Waals surface area contributed by atoms with Crippen molar-refractivity contribution in [2.75, 3.05) is 12.0 Å². The van der Waals surface area contributed by atoms with E-state index in [9.17, 15) is 5.11 Å². The van der Waals surface area contributed by atoms with Gasteiger partial charge in [0, 0.05) is 23.3 Å². The highest BCUT2D eigenvalue weighted by molar-refractivity contribution is 7.80. The molecule has 0 radical (unpaired) electrons. The molecule has 2 aromatic heterocycles. The Labute approximate surface area is 204 Å². The monoisotopic (exact) mass is 470 g/mol. The number of anilines is 1. The third kappa shape index (κ3) is 3.68. The molecular weight excluding hydrogens is 444 g/mol. The van der Waals surface area contributed by atoms with Gasteiger partial charge in [0.05, 0.1) is 30.6 Å². The van der Waals surface area contributed by atoms with E-state index >= 15 is 0 Å². The van der Waals surface area contributed by atoms with E-state index in [0.717, 1.165) is 34.1 Å². The lowest BCUT2D eigenvalue weighted by molar-refractivity contribution is 0.414. The lowest BCUT2D eigenvalue weighted by Crippen LogP contribution is -2.29. The Bertz CT molecular complexity index is 1330. The molecule has 1 saturated heterocycles. The van der Waals surface area contributed by atoms with Crippen molar-refractivity contribution in [3.8, 4) is 17.2 Å². The van der Waals surface area contributed by atoms with E-state index in [1.807, 2.05) is 53.4 Å². The molecule has 0 aliphatic carbocycles. The lowest BCUT2D eigenvalue weighted by Gasteiger charge is -2.28. The van der Waals surface area contributed by atoms with Crippen LogP contribution in [0.1, 0.15) is 34.7 Å². The molecule has 0 saturated carbocycles. The van der Waals surface area contributed by atoms with E-state index in [1.165, 1.54) is 0 Å². The number of benzene rings is 2. The van der Waals surface area contributed by atoms with Gasteiger partial charge >= 0.3 is 0 Å². The number of rotatable bonds is 5. The first-order valence-electron chi connectivity index (χ1n) is 11.1. The van der Waals surface area contributed by atoms with Crippen LogP contribution >= 0.6 is 12.2 Å². The van der Waals surface area contributed by atoms with E-state index in [4.69, 9.17) is 17.0 Å². The minimum Gasteiger partial charge on any atom is -0.506 e. The second-order valence-electron chi connectivity index (χ2n) is 8.35. The normalized spacial score (nSPS) is 17.6. The standard InChI is InChI=1S/C27H26N4O2S/c1-17-16-21(18(2)30(17)19-11-13-20(33-3)14-12-19)26-25(22-8-6-7-15-28-22)29-27(34)31(26)23-9-4-5-10-24(23)32/h4-16,25-26,32H,1-3H3,(H,29,34)/t25-,26+/m0/s1. The van der Waals surface area contributed by atoms with Gasteiger partial charge in [0.1, 0.15) is 11.5 Å². The van der Waals surface area contributed by atoms with Crippen LogP contribution in [-0.4, -0.2) is 26.9 Å². The average Bonchev–Trinajstić information content (AvgIpc) is 3.35. The number of para-hydroxylation sites is 2. The van der Waals surface area contributed by atoms with Crippen molar-refractivity contribution in [2.24, 2.45) is 0 Å². The molecule has 0 unspecified atom stereocenters. The molecule has 1 fully saturated rings. The van der Waals surface area contributed by atoms with E-state index in [1.54, 1.807) is 19.4 Å². The van der Waals surface area contributed by atoms with Crippen LogP contribution in [0, 0.1) is 13.8 Å². The first-order valence-corrected chi connectivity index (χ1v) is 11.5. The molecule has 0 amide bonds. The molecule has 2 N–H and O–H groups in total. The van der Waals surface area contributed by atoms with E-state index in [0.29, 0.717) is 10.8 Å². The van der Waals surface area contributed by atoms with Crippen LogP contribution in [0.3, 0.4) is 0 Å². The van der Waals surface area contributed by atoms with Gasteiger partial charge in [-0.2, -0.15) is 0 Å². The van der Waals surface area contributed by atoms with Gasteiger partial charge in [-0.25, -0.2) is 0 Å². The van der Waals surface area contributed by atoms with Gasteiger partial charge in [-0.15, -0.1) is 0 Å². The number of hydrogen-bond acceptors (Lipinski definition) is 4. The summed E-state index contributed by atoms with van der Waals surface area (Å²) in [6.07, 6.45) is 1.79. The number of aromatic nitrogens is 2. The maximum atomic E-state index is 10.7. The van der Waals surface area contributed by atoms with Gasteiger partial charge in [-0.05, 0) is 86.2 Å². The van der Waals surface area contributed by atoms with Crippen molar-refractivity contribution in [2.45, 2.75) is 25.9 Å². The van der Waals surface area contributed by atoms with E-state index < -0.39 is 0 Å². The summed E-state index contributed by atoms with van der Waals surface area (Å²) in [6.45, 7) is 4.22. The summed E-state index contributed by atoms with van der Waals surface area (Å²) < 4.78 is 7.56. The van der Waals surface area contributed by atoms with Crippen molar-refractivity contribution in [1.29, 1.82) is 0 Å². The summed E-state index contributed by atoms with van der Waals surface area (Å²) in [6, 6.07) is 23.0.